The van der Waals surface area contributed by atoms with Gasteiger partial charge in [0, 0.05) is 22.3 Å². The monoisotopic (exact) mass is 349 g/mol. The molecule has 19 heavy (non-hydrogen) atoms. The van der Waals surface area contributed by atoms with Crippen LogP contribution in [0.1, 0.15) is 24.1 Å². The maximum absolute atomic E-state index is 11.5. The summed E-state index contributed by atoms with van der Waals surface area (Å²) in [7, 11) is -1.48. The van der Waals surface area contributed by atoms with Crippen molar-refractivity contribution >= 4 is 25.8 Å². The lowest BCUT2D eigenvalue weighted by atomic mass is 10.0. The minimum Gasteiger partial charge on any atom is -0.496 e. The molecule has 1 aromatic rings. The van der Waals surface area contributed by atoms with Gasteiger partial charge in [-0.1, -0.05) is 22.9 Å². The molecule has 0 amide bonds. The Hall–Kier alpha value is -0.590. The summed E-state index contributed by atoms with van der Waals surface area (Å²) in [6, 6.07) is 3.56. The molecule has 1 aromatic carbocycles. The molecule has 0 saturated carbocycles. The fourth-order valence-corrected chi connectivity index (χ4v) is 3.19. The van der Waals surface area contributed by atoms with E-state index in [9.17, 15) is 8.42 Å². The highest BCUT2D eigenvalue weighted by molar-refractivity contribution is 9.10. The molecule has 1 rings (SSSR count). The molecule has 0 heterocycles. The van der Waals surface area contributed by atoms with Gasteiger partial charge in [-0.05, 0) is 31.2 Å². The number of hydrogen-bond donors (Lipinski definition) is 1. The molecule has 108 valence electrons. The number of nitrogens with one attached hydrogen (secondary N) is 1. The van der Waals surface area contributed by atoms with Crippen molar-refractivity contribution in [2.45, 2.75) is 19.9 Å². The molecule has 0 radical (unpaired) electrons. The van der Waals surface area contributed by atoms with Crippen LogP contribution in [0, 0.1) is 6.92 Å². The van der Waals surface area contributed by atoms with E-state index in [0.717, 1.165) is 15.6 Å². The third-order valence-corrected chi connectivity index (χ3v) is 4.60. The lowest BCUT2D eigenvalue weighted by Crippen LogP contribution is -2.28. The molecule has 0 aliphatic heterocycles. The summed E-state index contributed by atoms with van der Waals surface area (Å²) in [5.41, 5.74) is 1.91. The lowest BCUT2D eigenvalue weighted by molar-refractivity contribution is 0.402. The van der Waals surface area contributed by atoms with Gasteiger partial charge in [0.2, 0.25) is 0 Å². The Morgan fingerprint density at radius 3 is 2.53 bits per heavy atom. The number of sulfone groups is 1. The van der Waals surface area contributed by atoms with E-state index in [1.807, 2.05) is 26.0 Å². The van der Waals surface area contributed by atoms with Crippen molar-refractivity contribution in [2.24, 2.45) is 0 Å². The molecular weight excluding hydrogens is 330 g/mol. The van der Waals surface area contributed by atoms with E-state index >= 15 is 0 Å². The fraction of sp³-hybridized carbons (Fsp3) is 0.538. The van der Waals surface area contributed by atoms with Crippen LogP contribution in [0.5, 0.6) is 5.75 Å². The Morgan fingerprint density at radius 2 is 2.05 bits per heavy atom. The van der Waals surface area contributed by atoms with Gasteiger partial charge in [0.15, 0.2) is 0 Å². The van der Waals surface area contributed by atoms with Crippen LogP contribution >= 0.6 is 15.9 Å². The third kappa shape index (κ3) is 4.78. The van der Waals surface area contributed by atoms with E-state index in [0.29, 0.717) is 12.3 Å². The predicted molar refractivity (Wildman–Crippen MR) is 81.6 cm³/mol. The summed E-state index contributed by atoms with van der Waals surface area (Å²) in [5.74, 6) is 0.752. The molecule has 0 aliphatic carbocycles. The second-order valence-electron chi connectivity index (χ2n) is 4.55. The first-order valence-corrected chi connectivity index (χ1v) is 8.89. The van der Waals surface area contributed by atoms with Gasteiger partial charge in [-0.25, -0.2) is 8.42 Å². The van der Waals surface area contributed by atoms with Gasteiger partial charge >= 0.3 is 0 Å². The molecule has 1 unspecified atom stereocenters. The van der Waals surface area contributed by atoms with Crippen molar-refractivity contribution in [1.82, 2.24) is 5.32 Å². The number of aryl methyl sites for hydroxylation is 1. The van der Waals surface area contributed by atoms with Crippen LogP contribution < -0.4 is 10.1 Å². The normalized spacial score (nSPS) is 13.3. The van der Waals surface area contributed by atoms with E-state index in [1.54, 1.807) is 7.11 Å². The van der Waals surface area contributed by atoms with Crippen molar-refractivity contribution in [3.8, 4) is 5.75 Å². The van der Waals surface area contributed by atoms with Gasteiger partial charge in [0.1, 0.15) is 15.6 Å². The average Bonchev–Trinajstić information content (AvgIpc) is 2.30. The molecule has 0 saturated heterocycles. The van der Waals surface area contributed by atoms with E-state index < -0.39 is 9.84 Å². The maximum Gasteiger partial charge on any atom is 0.149 e. The summed E-state index contributed by atoms with van der Waals surface area (Å²) < 4.78 is 29.4. The SMILES string of the molecule is CCNC(CS(C)(=O)=O)c1cc(Br)c(C)cc1OC. The standard InChI is InChI=1S/C13H20BrNO3S/c1-5-15-12(8-19(4,16)17)10-7-11(14)9(2)6-13(10)18-3/h6-7,12,15H,5,8H2,1-4H3. The van der Waals surface area contributed by atoms with Crippen LogP contribution in [0.15, 0.2) is 16.6 Å². The Labute approximate surface area is 123 Å². The van der Waals surface area contributed by atoms with Gasteiger partial charge < -0.3 is 10.1 Å². The topological polar surface area (TPSA) is 55.4 Å². The highest BCUT2D eigenvalue weighted by atomic mass is 79.9. The molecule has 1 atom stereocenters. The number of benzene rings is 1. The van der Waals surface area contributed by atoms with Crippen LogP contribution in [0.3, 0.4) is 0 Å². The first kappa shape index (κ1) is 16.5. The van der Waals surface area contributed by atoms with Crippen molar-refractivity contribution in [1.29, 1.82) is 0 Å². The summed E-state index contributed by atoms with van der Waals surface area (Å²) in [4.78, 5) is 0. The second kappa shape index (κ2) is 6.72. The molecule has 0 bridgehead atoms. The molecule has 4 nitrogen and oxygen atoms in total. The summed E-state index contributed by atoms with van der Waals surface area (Å²) in [6.07, 6.45) is 1.24. The summed E-state index contributed by atoms with van der Waals surface area (Å²) in [5, 5.41) is 3.20. The second-order valence-corrected chi connectivity index (χ2v) is 7.59. The van der Waals surface area contributed by atoms with Crippen LogP contribution in [-0.4, -0.2) is 34.1 Å². The van der Waals surface area contributed by atoms with E-state index in [1.165, 1.54) is 6.26 Å². The van der Waals surface area contributed by atoms with E-state index in [2.05, 4.69) is 21.2 Å². The van der Waals surface area contributed by atoms with Gasteiger partial charge in [0.05, 0.1) is 12.9 Å². The molecule has 1 N–H and O–H groups in total. The molecule has 0 fully saturated rings. The molecule has 0 aliphatic rings. The zero-order valence-corrected chi connectivity index (χ0v) is 14.1. The minimum atomic E-state index is -3.07. The number of rotatable bonds is 6. The third-order valence-electron chi connectivity index (χ3n) is 2.81. The number of halogens is 1. The first-order valence-electron chi connectivity index (χ1n) is 6.03. The van der Waals surface area contributed by atoms with Crippen molar-refractivity contribution in [3.63, 3.8) is 0 Å². The fourth-order valence-electron chi connectivity index (χ4n) is 1.93. The van der Waals surface area contributed by atoms with Gasteiger partial charge in [-0.2, -0.15) is 0 Å². The first-order chi connectivity index (χ1) is 8.78. The zero-order chi connectivity index (χ0) is 14.6. The summed E-state index contributed by atoms with van der Waals surface area (Å²) in [6.45, 7) is 4.61. The van der Waals surface area contributed by atoms with Crippen LogP contribution in [0.4, 0.5) is 0 Å². The van der Waals surface area contributed by atoms with Crippen molar-refractivity contribution in [3.05, 3.63) is 27.7 Å². The quantitative estimate of drug-likeness (QED) is 0.856. The Balaban J connectivity index is 3.25. The highest BCUT2D eigenvalue weighted by Crippen LogP contribution is 2.31. The lowest BCUT2D eigenvalue weighted by Gasteiger charge is -2.21. The Morgan fingerprint density at radius 1 is 1.42 bits per heavy atom. The Kier molecular flexibility index (Phi) is 5.82. The van der Waals surface area contributed by atoms with Gasteiger partial charge in [-0.15, -0.1) is 0 Å². The number of methoxy groups -OCH3 is 1. The van der Waals surface area contributed by atoms with E-state index in [-0.39, 0.29) is 11.8 Å². The van der Waals surface area contributed by atoms with Crippen molar-refractivity contribution < 1.29 is 13.2 Å². The van der Waals surface area contributed by atoms with Gasteiger partial charge in [0.25, 0.3) is 0 Å². The largest absolute Gasteiger partial charge is 0.496 e. The molecular formula is C13H20BrNO3S. The minimum absolute atomic E-state index is 0.0483. The van der Waals surface area contributed by atoms with Crippen LogP contribution in [-0.2, 0) is 9.84 Å². The predicted octanol–water partition coefficient (Wildman–Crippen LogP) is 2.46. The average molecular weight is 350 g/mol. The highest BCUT2D eigenvalue weighted by Gasteiger charge is 2.21. The summed E-state index contributed by atoms with van der Waals surface area (Å²) >= 11 is 3.48. The number of hydrogen-bond acceptors (Lipinski definition) is 4. The molecule has 6 heteroatoms. The Bertz CT molecular complexity index is 543. The maximum atomic E-state index is 11.5. The van der Waals surface area contributed by atoms with Crippen LogP contribution in [0.25, 0.3) is 0 Å². The molecule has 0 spiro atoms. The van der Waals surface area contributed by atoms with Crippen LogP contribution in [0.2, 0.25) is 0 Å². The smallest absolute Gasteiger partial charge is 0.149 e. The molecule has 0 aromatic heterocycles. The number of ether oxygens (including phenoxy) is 1. The zero-order valence-electron chi connectivity index (χ0n) is 11.7. The van der Waals surface area contributed by atoms with E-state index in [4.69, 9.17) is 4.74 Å². The van der Waals surface area contributed by atoms with Gasteiger partial charge in [-0.3, -0.25) is 0 Å². The van der Waals surface area contributed by atoms with Crippen molar-refractivity contribution in [2.75, 3.05) is 25.7 Å².